The molecule has 3 rings (SSSR count). The number of ether oxygens (including phenoxy) is 1. The van der Waals surface area contributed by atoms with Crippen molar-refractivity contribution in [1.29, 1.82) is 0 Å². The number of piperazine rings is 1. The molecule has 0 spiro atoms. The summed E-state index contributed by atoms with van der Waals surface area (Å²) in [7, 11) is 0. The number of aryl methyl sites for hydroxylation is 1. The Labute approximate surface area is 158 Å². The summed E-state index contributed by atoms with van der Waals surface area (Å²) in [5.41, 5.74) is 2.51. The molecule has 0 atom stereocenters. The molecule has 0 saturated carbocycles. The first-order chi connectivity index (χ1) is 13.0. The van der Waals surface area contributed by atoms with Gasteiger partial charge in [0.1, 0.15) is 12.3 Å². The third kappa shape index (κ3) is 4.34. The fraction of sp³-hybridized carbons (Fsp3) is 0.286. The second-order valence-electron chi connectivity index (χ2n) is 6.52. The predicted octanol–water partition coefficient (Wildman–Crippen LogP) is 2.45. The van der Waals surface area contributed by atoms with Crippen LogP contribution in [0.5, 0.6) is 5.75 Å². The maximum absolute atomic E-state index is 12.5. The molecule has 140 valence electrons. The van der Waals surface area contributed by atoms with Crippen molar-refractivity contribution in [2.45, 2.75) is 13.8 Å². The fourth-order valence-electron chi connectivity index (χ4n) is 3.03. The molecule has 27 heavy (non-hydrogen) atoms. The predicted molar refractivity (Wildman–Crippen MR) is 102 cm³/mol. The van der Waals surface area contributed by atoms with Gasteiger partial charge in [0.2, 0.25) is 5.91 Å². The van der Waals surface area contributed by atoms with Gasteiger partial charge in [-0.25, -0.2) is 0 Å². The third-order valence-corrected chi connectivity index (χ3v) is 4.60. The molecule has 1 saturated heterocycles. The van der Waals surface area contributed by atoms with E-state index < -0.39 is 0 Å². The lowest BCUT2D eigenvalue weighted by atomic mass is 10.1. The Balaban J connectivity index is 1.55. The molecule has 0 aliphatic carbocycles. The molecule has 2 aromatic carbocycles. The van der Waals surface area contributed by atoms with Crippen molar-refractivity contribution in [1.82, 2.24) is 4.90 Å². The van der Waals surface area contributed by atoms with E-state index in [9.17, 15) is 14.4 Å². The van der Waals surface area contributed by atoms with Gasteiger partial charge in [-0.3, -0.25) is 14.4 Å². The number of benzene rings is 2. The SMILES string of the molecule is CC(=O)c1ccc(OCC(=O)N2CCN(c3ccccc3C)C(=O)C2)cc1. The Hall–Kier alpha value is -3.15. The molecule has 1 aliphatic heterocycles. The van der Waals surface area contributed by atoms with E-state index in [4.69, 9.17) is 4.74 Å². The van der Waals surface area contributed by atoms with Crippen LogP contribution in [0.25, 0.3) is 0 Å². The summed E-state index contributed by atoms with van der Waals surface area (Å²) in [5, 5.41) is 0. The highest BCUT2D eigenvalue weighted by molar-refractivity contribution is 5.98. The van der Waals surface area contributed by atoms with E-state index in [1.54, 1.807) is 29.2 Å². The number of nitrogens with zero attached hydrogens (tertiary/aromatic N) is 2. The van der Waals surface area contributed by atoms with Crippen molar-refractivity contribution in [3.8, 4) is 5.75 Å². The first-order valence-corrected chi connectivity index (χ1v) is 8.83. The number of carbonyl (C=O) groups is 3. The van der Waals surface area contributed by atoms with Gasteiger partial charge in [-0.05, 0) is 49.7 Å². The van der Waals surface area contributed by atoms with Gasteiger partial charge in [0.25, 0.3) is 5.91 Å². The van der Waals surface area contributed by atoms with E-state index in [0.29, 0.717) is 24.4 Å². The smallest absolute Gasteiger partial charge is 0.261 e. The van der Waals surface area contributed by atoms with Crippen molar-refractivity contribution in [3.05, 3.63) is 59.7 Å². The maximum Gasteiger partial charge on any atom is 0.261 e. The van der Waals surface area contributed by atoms with Crippen LogP contribution < -0.4 is 9.64 Å². The summed E-state index contributed by atoms with van der Waals surface area (Å²) in [6.07, 6.45) is 0. The number of para-hydroxylation sites is 1. The van der Waals surface area contributed by atoms with Gasteiger partial charge in [-0.2, -0.15) is 0 Å². The molecule has 2 amide bonds. The van der Waals surface area contributed by atoms with E-state index in [2.05, 4.69) is 0 Å². The molecule has 2 aromatic rings. The van der Waals surface area contributed by atoms with Crippen molar-refractivity contribution >= 4 is 23.3 Å². The Kier molecular flexibility index (Phi) is 5.54. The monoisotopic (exact) mass is 366 g/mol. The Morgan fingerprint density at radius 3 is 2.37 bits per heavy atom. The lowest BCUT2D eigenvalue weighted by Crippen LogP contribution is -2.53. The summed E-state index contributed by atoms with van der Waals surface area (Å²) in [6, 6.07) is 14.3. The molecule has 1 aliphatic rings. The van der Waals surface area contributed by atoms with E-state index in [1.807, 2.05) is 31.2 Å². The van der Waals surface area contributed by atoms with E-state index in [-0.39, 0.29) is 30.7 Å². The van der Waals surface area contributed by atoms with Crippen LogP contribution >= 0.6 is 0 Å². The minimum absolute atomic E-state index is 0.0253. The number of carbonyl (C=O) groups excluding carboxylic acids is 3. The first kappa shape index (κ1) is 18.6. The summed E-state index contributed by atoms with van der Waals surface area (Å²) < 4.78 is 5.49. The average molecular weight is 366 g/mol. The van der Waals surface area contributed by atoms with Gasteiger partial charge in [-0.1, -0.05) is 18.2 Å². The average Bonchev–Trinajstić information content (AvgIpc) is 2.67. The van der Waals surface area contributed by atoms with Crippen molar-refractivity contribution in [2.24, 2.45) is 0 Å². The highest BCUT2D eigenvalue weighted by atomic mass is 16.5. The summed E-state index contributed by atoms with van der Waals surface area (Å²) in [5.74, 6) is 0.152. The number of anilines is 1. The quantitative estimate of drug-likeness (QED) is 0.763. The highest BCUT2D eigenvalue weighted by Crippen LogP contribution is 2.21. The van der Waals surface area contributed by atoms with Crippen molar-refractivity contribution in [3.63, 3.8) is 0 Å². The molecule has 6 nitrogen and oxygen atoms in total. The van der Waals surface area contributed by atoms with E-state index in [0.717, 1.165) is 11.3 Å². The Bertz CT molecular complexity index is 861. The van der Waals surface area contributed by atoms with Crippen LogP contribution in [0.4, 0.5) is 5.69 Å². The van der Waals surface area contributed by atoms with Crippen LogP contribution in [-0.2, 0) is 9.59 Å². The molecular formula is C21H22N2O4. The fourth-order valence-corrected chi connectivity index (χ4v) is 3.03. The molecule has 1 heterocycles. The normalized spacial score (nSPS) is 14.2. The zero-order valence-corrected chi connectivity index (χ0v) is 15.5. The number of Topliss-reactive ketones (excluding diaryl/α,β-unsaturated/α-hetero) is 1. The van der Waals surface area contributed by atoms with Gasteiger partial charge in [0.05, 0.1) is 0 Å². The van der Waals surface area contributed by atoms with Gasteiger partial charge >= 0.3 is 0 Å². The van der Waals surface area contributed by atoms with Crippen LogP contribution in [-0.4, -0.2) is 48.7 Å². The van der Waals surface area contributed by atoms with Gasteiger partial charge in [0, 0.05) is 24.3 Å². The van der Waals surface area contributed by atoms with Crippen molar-refractivity contribution in [2.75, 3.05) is 31.1 Å². The molecular weight excluding hydrogens is 344 g/mol. The number of amides is 2. The number of ketones is 1. The van der Waals surface area contributed by atoms with Crippen LogP contribution in [0.15, 0.2) is 48.5 Å². The molecule has 0 radical (unpaired) electrons. The van der Waals surface area contributed by atoms with Gasteiger partial charge in [0.15, 0.2) is 12.4 Å². The second-order valence-corrected chi connectivity index (χ2v) is 6.52. The number of hydrogen-bond donors (Lipinski definition) is 0. The van der Waals surface area contributed by atoms with Crippen LogP contribution in [0.1, 0.15) is 22.8 Å². The van der Waals surface area contributed by atoms with Crippen LogP contribution in [0.2, 0.25) is 0 Å². The largest absolute Gasteiger partial charge is 0.484 e. The second kappa shape index (κ2) is 8.03. The maximum atomic E-state index is 12.5. The summed E-state index contributed by atoms with van der Waals surface area (Å²) >= 11 is 0. The highest BCUT2D eigenvalue weighted by Gasteiger charge is 2.28. The zero-order valence-electron chi connectivity index (χ0n) is 15.5. The lowest BCUT2D eigenvalue weighted by molar-refractivity contribution is -0.138. The first-order valence-electron chi connectivity index (χ1n) is 8.83. The number of rotatable bonds is 5. The topological polar surface area (TPSA) is 66.9 Å². The minimum atomic E-state index is -0.233. The standard InChI is InChI=1S/C21H22N2O4/c1-15-5-3-4-6-19(15)23-12-11-22(13-20(23)25)21(26)14-27-18-9-7-17(8-10-18)16(2)24/h3-10H,11-14H2,1-2H3. The number of hydrogen-bond acceptors (Lipinski definition) is 4. The van der Waals surface area contributed by atoms with Gasteiger partial charge in [-0.15, -0.1) is 0 Å². The molecule has 0 bridgehead atoms. The molecule has 0 N–H and O–H groups in total. The minimum Gasteiger partial charge on any atom is -0.484 e. The molecule has 0 aromatic heterocycles. The molecule has 6 heteroatoms. The Morgan fingerprint density at radius 1 is 1.04 bits per heavy atom. The van der Waals surface area contributed by atoms with E-state index >= 15 is 0 Å². The van der Waals surface area contributed by atoms with Crippen molar-refractivity contribution < 1.29 is 19.1 Å². The van der Waals surface area contributed by atoms with Crippen LogP contribution in [0, 0.1) is 6.92 Å². The van der Waals surface area contributed by atoms with E-state index in [1.165, 1.54) is 11.8 Å². The molecule has 1 fully saturated rings. The summed E-state index contributed by atoms with van der Waals surface area (Å²) in [6.45, 7) is 4.28. The Morgan fingerprint density at radius 2 is 1.74 bits per heavy atom. The third-order valence-electron chi connectivity index (χ3n) is 4.60. The van der Waals surface area contributed by atoms with Gasteiger partial charge < -0.3 is 14.5 Å². The molecule has 0 unspecified atom stereocenters. The van der Waals surface area contributed by atoms with Crippen LogP contribution in [0.3, 0.4) is 0 Å². The summed E-state index contributed by atoms with van der Waals surface area (Å²) in [4.78, 5) is 39.4. The lowest BCUT2D eigenvalue weighted by Gasteiger charge is -2.35. The zero-order chi connectivity index (χ0) is 19.4.